The summed E-state index contributed by atoms with van der Waals surface area (Å²) in [5.41, 5.74) is 20.4. The smallest absolute Gasteiger partial charge is 0.219 e. The van der Waals surface area contributed by atoms with Gasteiger partial charge in [-0.2, -0.15) is 0 Å². The highest BCUT2D eigenvalue weighted by Crippen LogP contribution is 2.37. The van der Waals surface area contributed by atoms with Gasteiger partial charge in [-0.1, -0.05) is 0 Å². The van der Waals surface area contributed by atoms with Crippen LogP contribution in [0.1, 0.15) is 25.7 Å². The second-order valence-corrected chi connectivity index (χ2v) is 15.4. The molecule has 0 amide bonds. The third kappa shape index (κ3) is 10.1. The Balaban J connectivity index is 0.000000156. The topological polar surface area (TPSA) is 294 Å². The number of hydrogen-bond donors (Lipinski definition) is 6. The standard InChI is InChI=1S/C19H25N9O2.C17H19ClN8O.C2H7NO/c20-18-22-9-13(10-23-18)15-25-16(27-4-7-30-8-5-27)14-17(26-15)28(11-12-1-2-12)19(24-14)21-3-6-29;18-16-22-12-14(25-3-5-27-6-4-25)23-13(11-7-20-17(19)21-8-11)24-15(12)26(16)9-10-1-2-10;3-1-2-4/h9-10,12,29H,1-8,11H2,(H,21,24)(H2,20,22,23);7-8,10H,1-6,9H2,(H2,19,20,21);4H,1-3H2. The summed E-state index contributed by atoms with van der Waals surface area (Å²) >= 11 is 6.47. The van der Waals surface area contributed by atoms with Crippen LogP contribution < -0.4 is 32.3 Å². The van der Waals surface area contributed by atoms with Crippen molar-refractivity contribution in [1.29, 1.82) is 0 Å². The maximum atomic E-state index is 9.29. The number of hydrogen-bond acceptors (Lipinski definition) is 20. The van der Waals surface area contributed by atoms with Gasteiger partial charge in [-0.25, -0.2) is 49.8 Å². The SMILES string of the molecule is NCCO.Nc1ncc(-c2nc(N3CCOCC3)c3nc(Cl)n(CC4CC4)c3n2)cn1.Nc1ncc(-c2nc(N3CCOCC3)c3nc(NCCO)n(CC4CC4)c3n2)cn1. The number of aromatic nitrogens is 12. The number of imidazole rings is 2. The van der Waals surface area contributed by atoms with Crippen LogP contribution in [0.25, 0.3) is 45.1 Å². The van der Waals surface area contributed by atoms with Crippen LogP contribution in [0.2, 0.25) is 5.28 Å². The molecule has 9 N–H and O–H groups in total. The number of halogens is 1. The Morgan fingerprint density at radius 3 is 1.52 bits per heavy atom. The summed E-state index contributed by atoms with van der Waals surface area (Å²) in [5.74, 6) is 5.03. The molecule has 61 heavy (non-hydrogen) atoms. The van der Waals surface area contributed by atoms with Crippen LogP contribution in [0.3, 0.4) is 0 Å². The summed E-state index contributed by atoms with van der Waals surface area (Å²) in [6.07, 6.45) is 11.4. The monoisotopic (exact) mass is 858 g/mol. The first-order valence-corrected chi connectivity index (χ1v) is 20.9. The molecule has 0 bridgehead atoms. The van der Waals surface area contributed by atoms with Gasteiger partial charge in [0, 0.05) is 77.1 Å². The summed E-state index contributed by atoms with van der Waals surface area (Å²) in [6.45, 7) is 8.15. The molecule has 2 aliphatic heterocycles. The van der Waals surface area contributed by atoms with E-state index in [0.29, 0.717) is 85.4 Å². The molecule has 0 spiro atoms. The predicted octanol–water partition coefficient (Wildman–Crippen LogP) is 1.22. The zero-order valence-electron chi connectivity index (χ0n) is 33.8. The van der Waals surface area contributed by atoms with E-state index in [0.717, 1.165) is 73.2 Å². The third-order valence-corrected chi connectivity index (χ3v) is 10.7. The van der Waals surface area contributed by atoms with Crippen molar-refractivity contribution in [3.63, 3.8) is 0 Å². The molecule has 2 saturated heterocycles. The second-order valence-electron chi connectivity index (χ2n) is 15.0. The summed E-state index contributed by atoms with van der Waals surface area (Å²) in [6, 6.07) is 0. The molecule has 324 valence electrons. The quantitative estimate of drug-likeness (QED) is 0.0943. The number of nitrogens with one attached hydrogen (secondary N) is 1. The van der Waals surface area contributed by atoms with E-state index >= 15 is 0 Å². The van der Waals surface area contributed by atoms with E-state index in [1.54, 1.807) is 24.8 Å². The maximum absolute atomic E-state index is 9.29. The lowest BCUT2D eigenvalue weighted by Crippen LogP contribution is -2.37. The largest absolute Gasteiger partial charge is 0.395 e. The number of nitrogen functional groups attached to an aromatic ring is 2. The first-order valence-electron chi connectivity index (χ1n) is 20.5. The Labute approximate surface area is 355 Å². The van der Waals surface area contributed by atoms with Crippen molar-refractivity contribution in [1.82, 2.24) is 59.0 Å². The normalized spacial score (nSPS) is 16.6. The number of rotatable bonds is 12. The summed E-state index contributed by atoms with van der Waals surface area (Å²) < 4.78 is 15.1. The molecule has 4 aliphatic rings. The number of aliphatic hydroxyl groups is 2. The van der Waals surface area contributed by atoms with E-state index in [4.69, 9.17) is 68.3 Å². The van der Waals surface area contributed by atoms with E-state index in [1.807, 2.05) is 4.57 Å². The zero-order chi connectivity index (χ0) is 42.3. The molecule has 0 atom stereocenters. The average Bonchev–Trinajstić information content (AvgIpc) is 4.24. The van der Waals surface area contributed by atoms with Crippen LogP contribution in [0.15, 0.2) is 24.8 Å². The van der Waals surface area contributed by atoms with E-state index in [2.05, 4.69) is 44.6 Å². The first kappa shape index (κ1) is 42.1. The van der Waals surface area contributed by atoms with Gasteiger partial charge in [0.05, 0.1) is 50.8 Å². The van der Waals surface area contributed by atoms with Crippen LogP contribution in [-0.4, -0.2) is 148 Å². The molecule has 4 fully saturated rings. The maximum Gasteiger partial charge on any atom is 0.219 e. The highest BCUT2D eigenvalue weighted by atomic mass is 35.5. The number of ether oxygens (including phenoxy) is 2. The molecule has 23 heteroatoms. The fourth-order valence-electron chi connectivity index (χ4n) is 6.86. The van der Waals surface area contributed by atoms with Crippen LogP contribution in [0.5, 0.6) is 0 Å². The molecule has 0 radical (unpaired) electrons. The van der Waals surface area contributed by atoms with Gasteiger partial charge < -0.3 is 52.0 Å². The lowest BCUT2D eigenvalue weighted by atomic mass is 10.3. The Bertz CT molecular complexity index is 2380. The summed E-state index contributed by atoms with van der Waals surface area (Å²) in [5, 5.41) is 20.7. The van der Waals surface area contributed by atoms with Crippen LogP contribution >= 0.6 is 11.6 Å². The Kier molecular flexibility index (Phi) is 13.4. The lowest BCUT2D eigenvalue weighted by molar-refractivity contribution is 0.122. The van der Waals surface area contributed by atoms with Gasteiger partial charge in [0.2, 0.25) is 23.1 Å². The predicted molar refractivity (Wildman–Crippen MR) is 230 cm³/mol. The van der Waals surface area contributed by atoms with E-state index in [1.165, 1.54) is 25.7 Å². The summed E-state index contributed by atoms with van der Waals surface area (Å²) in [7, 11) is 0. The minimum Gasteiger partial charge on any atom is -0.395 e. The molecule has 6 aromatic rings. The Morgan fingerprint density at radius 2 is 1.08 bits per heavy atom. The van der Waals surface area contributed by atoms with Crippen molar-refractivity contribution < 1.29 is 19.7 Å². The molecule has 8 heterocycles. The second kappa shape index (κ2) is 19.4. The number of aliphatic hydroxyl groups excluding tert-OH is 2. The molecule has 10 rings (SSSR count). The molecular weight excluding hydrogens is 808 g/mol. The van der Waals surface area contributed by atoms with Gasteiger partial charge in [0.15, 0.2) is 45.6 Å². The Morgan fingerprint density at radius 1 is 0.639 bits per heavy atom. The zero-order valence-corrected chi connectivity index (χ0v) is 34.5. The average molecular weight is 859 g/mol. The fourth-order valence-corrected chi connectivity index (χ4v) is 7.09. The molecule has 2 saturated carbocycles. The Hall–Kier alpha value is -5.65. The van der Waals surface area contributed by atoms with Crippen LogP contribution in [0, 0.1) is 11.8 Å². The van der Waals surface area contributed by atoms with Crippen molar-refractivity contribution in [3.8, 4) is 22.8 Å². The molecule has 0 aromatic carbocycles. The highest BCUT2D eigenvalue weighted by molar-refractivity contribution is 6.29. The van der Waals surface area contributed by atoms with E-state index in [-0.39, 0.29) is 25.1 Å². The first-order chi connectivity index (χ1) is 29.8. The van der Waals surface area contributed by atoms with Crippen LogP contribution in [0.4, 0.5) is 29.5 Å². The van der Waals surface area contributed by atoms with Gasteiger partial charge in [0.25, 0.3) is 0 Å². The van der Waals surface area contributed by atoms with Gasteiger partial charge in [-0.15, -0.1) is 0 Å². The number of fused-ring (bicyclic) bond motifs is 2. The van der Waals surface area contributed by atoms with Crippen LogP contribution in [-0.2, 0) is 22.6 Å². The fraction of sp³-hybridized carbons (Fsp3) is 0.526. The minimum absolute atomic E-state index is 0.0304. The molecular formula is C38H51ClN18O4. The number of anilines is 5. The van der Waals surface area contributed by atoms with E-state index in [9.17, 15) is 5.11 Å². The van der Waals surface area contributed by atoms with Gasteiger partial charge in [0.1, 0.15) is 0 Å². The van der Waals surface area contributed by atoms with Gasteiger partial charge >= 0.3 is 0 Å². The van der Waals surface area contributed by atoms with Gasteiger partial charge in [-0.05, 0) is 49.1 Å². The number of morpholine rings is 2. The number of nitrogens with two attached hydrogens (primary N) is 3. The van der Waals surface area contributed by atoms with Crippen molar-refractivity contribution in [3.05, 3.63) is 30.1 Å². The van der Waals surface area contributed by atoms with Crippen molar-refractivity contribution in [2.75, 3.05) is 105 Å². The van der Waals surface area contributed by atoms with Gasteiger partial charge in [-0.3, -0.25) is 9.13 Å². The molecule has 22 nitrogen and oxygen atoms in total. The summed E-state index contributed by atoms with van der Waals surface area (Å²) in [4.78, 5) is 49.3. The van der Waals surface area contributed by atoms with Crippen molar-refractivity contribution >= 4 is 63.4 Å². The lowest BCUT2D eigenvalue weighted by Gasteiger charge is -2.28. The van der Waals surface area contributed by atoms with Crippen molar-refractivity contribution in [2.24, 2.45) is 17.6 Å². The number of nitrogens with zero attached hydrogens (tertiary/aromatic N) is 14. The highest BCUT2D eigenvalue weighted by Gasteiger charge is 2.29. The molecule has 6 aromatic heterocycles. The van der Waals surface area contributed by atoms with E-state index < -0.39 is 0 Å². The third-order valence-electron chi connectivity index (χ3n) is 10.4. The molecule has 2 aliphatic carbocycles. The van der Waals surface area contributed by atoms with Crippen molar-refractivity contribution in [2.45, 2.75) is 38.8 Å². The minimum atomic E-state index is 0.0304. The molecule has 0 unspecified atom stereocenters.